The molecule has 0 aliphatic rings. The van der Waals surface area contributed by atoms with Crippen molar-refractivity contribution in [3.8, 4) is 11.4 Å². The number of benzene rings is 1. The number of likely N-dealkylation sites (N-methyl/N-ethyl adjacent to an activating group) is 1. The normalized spacial score (nSPS) is 10.6. The highest BCUT2D eigenvalue weighted by Crippen LogP contribution is 2.16. The van der Waals surface area contributed by atoms with Gasteiger partial charge in [-0.1, -0.05) is 6.07 Å². The molecule has 0 bridgehead atoms. The van der Waals surface area contributed by atoms with Crippen molar-refractivity contribution in [2.24, 2.45) is 0 Å². The summed E-state index contributed by atoms with van der Waals surface area (Å²) in [5.41, 5.74) is 2.67. The summed E-state index contributed by atoms with van der Waals surface area (Å²) in [7, 11) is 3.41. The summed E-state index contributed by atoms with van der Waals surface area (Å²) in [5, 5.41) is 4.36. The molecule has 0 atom stereocenters. The molecule has 0 saturated heterocycles. The second-order valence-electron chi connectivity index (χ2n) is 5.50. The quantitative estimate of drug-likeness (QED) is 0.750. The lowest BCUT2D eigenvalue weighted by atomic mass is 10.2. The highest BCUT2D eigenvalue weighted by Gasteiger charge is 2.12. The van der Waals surface area contributed by atoms with E-state index >= 15 is 0 Å². The molecular weight excluding hydrogens is 306 g/mol. The Hall–Kier alpha value is -3.09. The Labute approximate surface area is 139 Å². The Morgan fingerprint density at radius 2 is 2.25 bits per heavy atom. The minimum absolute atomic E-state index is 0.0216. The zero-order valence-corrected chi connectivity index (χ0v) is 13.6. The Kier molecular flexibility index (Phi) is 4.60. The van der Waals surface area contributed by atoms with Gasteiger partial charge in [0.1, 0.15) is 5.75 Å². The molecule has 0 saturated carbocycles. The number of nitrogens with one attached hydrogen (secondary N) is 1. The molecule has 7 nitrogen and oxygen atoms in total. The minimum atomic E-state index is 0.0216. The van der Waals surface area contributed by atoms with Crippen molar-refractivity contribution >= 4 is 5.91 Å². The average Bonchev–Trinajstić information content (AvgIpc) is 3.26. The first-order valence-electron chi connectivity index (χ1n) is 7.55. The van der Waals surface area contributed by atoms with Gasteiger partial charge in [0.2, 0.25) is 5.91 Å². The zero-order valence-electron chi connectivity index (χ0n) is 13.6. The molecule has 0 aliphatic carbocycles. The van der Waals surface area contributed by atoms with E-state index in [-0.39, 0.29) is 5.91 Å². The molecule has 0 unspecified atom stereocenters. The Morgan fingerprint density at radius 1 is 1.38 bits per heavy atom. The van der Waals surface area contributed by atoms with E-state index in [1.165, 1.54) is 0 Å². The number of amides is 1. The van der Waals surface area contributed by atoms with E-state index in [1.54, 1.807) is 42.5 Å². The number of methoxy groups -OCH3 is 1. The predicted molar refractivity (Wildman–Crippen MR) is 88.9 cm³/mol. The molecule has 2 aromatic heterocycles. The van der Waals surface area contributed by atoms with Gasteiger partial charge >= 0.3 is 0 Å². The van der Waals surface area contributed by atoms with Gasteiger partial charge < -0.3 is 14.6 Å². The van der Waals surface area contributed by atoms with Crippen LogP contribution in [0.2, 0.25) is 0 Å². The van der Waals surface area contributed by atoms with Gasteiger partial charge in [0.05, 0.1) is 31.7 Å². The number of ether oxygens (including phenoxy) is 1. The van der Waals surface area contributed by atoms with Crippen molar-refractivity contribution in [3.63, 3.8) is 0 Å². The summed E-state index contributed by atoms with van der Waals surface area (Å²) in [6.45, 7) is 0.497. The number of aromatic nitrogens is 4. The van der Waals surface area contributed by atoms with Crippen LogP contribution < -0.4 is 4.74 Å². The summed E-state index contributed by atoms with van der Waals surface area (Å²) in [6, 6.07) is 7.65. The number of carbonyl (C=O) groups excluding carboxylic acids is 1. The van der Waals surface area contributed by atoms with Crippen LogP contribution in [-0.4, -0.2) is 44.7 Å². The number of hydrogen-bond acceptors (Lipinski definition) is 4. The molecule has 24 heavy (non-hydrogen) atoms. The number of carbonyl (C=O) groups is 1. The van der Waals surface area contributed by atoms with Crippen LogP contribution in [-0.2, 0) is 17.8 Å². The molecule has 1 N–H and O–H groups in total. The van der Waals surface area contributed by atoms with E-state index < -0.39 is 0 Å². The summed E-state index contributed by atoms with van der Waals surface area (Å²) in [5.74, 6) is 0.796. The Balaban J connectivity index is 1.65. The highest BCUT2D eigenvalue weighted by atomic mass is 16.5. The van der Waals surface area contributed by atoms with E-state index in [2.05, 4.69) is 15.1 Å². The molecule has 2 heterocycles. The van der Waals surface area contributed by atoms with Crippen LogP contribution >= 0.6 is 0 Å². The standard InChI is InChI=1S/C17H19N5O2/c1-21(17(23)6-14-9-18-12-19-14)10-13-8-20-22(11-13)15-4-3-5-16(7-15)24-2/h3-5,7-9,11-12H,6,10H2,1-2H3,(H,18,19). The van der Waals surface area contributed by atoms with E-state index in [9.17, 15) is 4.79 Å². The number of aromatic amines is 1. The fourth-order valence-corrected chi connectivity index (χ4v) is 2.38. The van der Waals surface area contributed by atoms with E-state index in [0.29, 0.717) is 13.0 Å². The van der Waals surface area contributed by atoms with Crippen molar-refractivity contribution in [2.75, 3.05) is 14.2 Å². The lowest BCUT2D eigenvalue weighted by molar-refractivity contribution is -0.129. The molecule has 1 aromatic carbocycles. The molecule has 124 valence electrons. The number of H-pyrrole nitrogens is 1. The zero-order chi connectivity index (χ0) is 16.9. The van der Waals surface area contributed by atoms with Crippen LogP contribution in [0.3, 0.4) is 0 Å². The third-order valence-electron chi connectivity index (χ3n) is 3.70. The maximum Gasteiger partial charge on any atom is 0.228 e. The summed E-state index contributed by atoms with van der Waals surface area (Å²) >= 11 is 0. The first-order valence-corrected chi connectivity index (χ1v) is 7.55. The van der Waals surface area contributed by atoms with E-state index in [1.807, 2.05) is 30.5 Å². The largest absolute Gasteiger partial charge is 0.497 e. The van der Waals surface area contributed by atoms with E-state index in [0.717, 1.165) is 22.7 Å². The molecule has 1 amide bonds. The SMILES string of the molecule is COc1cccc(-n2cc(CN(C)C(=O)Cc3cnc[nH]3)cn2)c1. The lowest BCUT2D eigenvalue weighted by Crippen LogP contribution is -2.27. The average molecular weight is 325 g/mol. The second kappa shape index (κ2) is 6.99. The summed E-state index contributed by atoms with van der Waals surface area (Å²) < 4.78 is 7.00. The Morgan fingerprint density at radius 3 is 3.00 bits per heavy atom. The maximum absolute atomic E-state index is 12.2. The van der Waals surface area contributed by atoms with Gasteiger partial charge in [0.15, 0.2) is 0 Å². The first-order chi connectivity index (χ1) is 11.7. The van der Waals surface area contributed by atoms with Crippen LogP contribution in [0.4, 0.5) is 0 Å². The van der Waals surface area contributed by atoms with Crippen molar-refractivity contribution in [3.05, 3.63) is 60.4 Å². The maximum atomic E-state index is 12.2. The van der Waals surface area contributed by atoms with Crippen LogP contribution in [0.5, 0.6) is 5.75 Å². The third kappa shape index (κ3) is 3.62. The fraction of sp³-hybridized carbons (Fsp3) is 0.235. The molecule has 3 aromatic rings. The molecule has 7 heteroatoms. The molecule has 0 spiro atoms. The van der Waals surface area contributed by atoms with Gasteiger partial charge in [0.25, 0.3) is 0 Å². The second-order valence-corrected chi connectivity index (χ2v) is 5.50. The van der Waals surface area contributed by atoms with Crippen LogP contribution in [0.1, 0.15) is 11.3 Å². The Bertz CT molecular complexity index is 810. The summed E-state index contributed by atoms with van der Waals surface area (Å²) in [4.78, 5) is 20.7. The monoisotopic (exact) mass is 325 g/mol. The van der Waals surface area contributed by atoms with Crippen LogP contribution in [0, 0.1) is 0 Å². The van der Waals surface area contributed by atoms with E-state index in [4.69, 9.17) is 4.74 Å². The smallest absolute Gasteiger partial charge is 0.228 e. The number of imidazole rings is 1. The topological polar surface area (TPSA) is 76.0 Å². The first kappa shape index (κ1) is 15.8. The van der Waals surface area contributed by atoms with Crippen molar-refractivity contribution in [2.45, 2.75) is 13.0 Å². The predicted octanol–water partition coefficient (Wildman–Crippen LogP) is 1.81. The number of nitrogens with zero attached hydrogens (tertiary/aromatic N) is 4. The highest BCUT2D eigenvalue weighted by molar-refractivity contribution is 5.77. The van der Waals surface area contributed by atoms with Crippen molar-refractivity contribution in [1.82, 2.24) is 24.6 Å². The third-order valence-corrected chi connectivity index (χ3v) is 3.70. The van der Waals surface area contributed by atoms with Crippen LogP contribution in [0.25, 0.3) is 5.69 Å². The van der Waals surface area contributed by atoms with Gasteiger partial charge in [-0.3, -0.25) is 4.79 Å². The number of hydrogen-bond donors (Lipinski definition) is 1. The van der Waals surface area contributed by atoms with Gasteiger partial charge in [0, 0.05) is 43.3 Å². The minimum Gasteiger partial charge on any atom is -0.497 e. The van der Waals surface area contributed by atoms with Crippen molar-refractivity contribution in [1.29, 1.82) is 0 Å². The van der Waals surface area contributed by atoms with Crippen molar-refractivity contribution < 1.29 is 9.53 Å². The molecule has 0 fully saturated rings. The van der Waals surface area contributed by atoms with Gasteiger partial charge in [-0.15, -0.1) is 0 Å². The van der Waals surface area contributed by atoms with Gasteiger partial charge in [-0.2, -0.15) is 5.10 Å². The molecule has 3 rings (SSSR count). The number of rotatable bonds is 6. The fourth-order valence-electron chi connectivity index (χ4n) is 2.38. The molecule has 0 radical (unpaired) electrons. The molecule has 0 aliphatic heterocycles. The lowest BCUT2D eigenvalue weighted by Gasteiger charge is -2.15. The van der Waals surface area contributed by atoms with Crippen LogP contribution in [0.15, 0.2) is 49.2 Å². The summed E-state index contributed by atoms with van der Waals surface area (Å²) in [6.07, 6.45) is 7.21. The molecular formula is C17H19N5O2. The van der Waals surface area contributed by atoms with Gasteiger partial charge in [-0.25, -0.2) is 9.67 Å². The van der Waals surface area contributed by atoms with Gasteiger partial charge in [-0.05, 0) is 12.1 Å².